The Balaban J connectivity index is 1.29. The summed E-state index contributed by atoms with van der Waals surface area (Å²) in [6.45, 7) is 0.858. The summed E-state index contributed by atoms with van der Waals surface area (Å²) in [7, 11) is 0. The van der Waals surface area contributed by atoms with Crippen molar-refractivity contribution < 1.29 is 9.59 Å². The van der Waals surface area contributed by atoms with Crippen LogP contribution in [-0.2, 0) is 29.0 Å². The Bertz CT molecular complexity index is 1700. The Morgan fingerprint density at radius 1 is 0.738 bits per heavy atom. The molecule has 0 bridgehead atoms. The van der Waals surface area contributed by atoms with E-state index in [2.05, 4.69) is 16.7 Å². The molecule has 1 aliphatic rings. The average molecular weight is 565 g/mol. The van der Waals surface area contributed by atoms with Gasteiger partial charge in [0.25, 0.3) is 5.56 Å². The van der Waals surface area contributed by atoms with Crippen molar-refractivity contribution in [2.75, 3.05) is 13.1 Å². The van der Waals surface area contributed by atoms with Gasteiger partial charge in [0.15, 0.2) is 0 Å². The van der Waals surface area contributed by atoms with Crippen molar-refractivity contribution in [2.45, 2.75) is 51.5 Å². The minimum absolute atomic E-state index is 0.102. The van der Waals surface area contributed by atoms with Crippen LogP contribution < -0.4 is 21.9 Å². The maximum absolute atomic E-state index is 13.6. The summed E-state index contributed by atoms with van der Waals surface area (Å²) in [5.41, 5.74) is 3.03. The lowest BCUT2D eigenvalue weighted by Crippen LogP contribution is -2.42. The molecule has 0 unspecified atom stereocenters. The van der Waals surface area contributed by atoms with E-state index in [9.17, 15) is 19.2 Å². The van der Waals surface area contributed by atoms with Crippen LogP contribution in [0.4, 0.5) is 0 Å². The fourth-order valence-electron chi connectivity index (χ4n) is 5.40. The fraction of sp³-hybridized carbons (Fsp3) is 0.294. The van der Waals surface area contributed by atoms with Gasteiger partial charge < -0.3 is 10.6 Å². The molecule has 0 radical (unpaired) electrons. The number of carbonyl (C=O) groups excluding carboxylic acids is 2. The third kappa shape index (κ3) is 7.13. The molecule has 1 heterocycles. The van der Waals surface area contributed by atoms with Gasteiger partial charge in [0.2, 0.25) is 11.8 Å². The molecule has 4 aromatic rings. The summed E-state index contributed by atoms with van der Waals surface area (Å²) in [5, 5.41) is 6.21. The first-order chi connectivity index (χ1) is 20.5. The van der Waals surface area contributed by atoms with Gasteiger partial charge in [0.1, 0.15) is 6.54 Å². The number of hydrogen-bond donors (Lipinski definition) is 2. The number of para-hydroxylation sites is 1. The van der Waals surface area contributed by atoms with Gasteiger partial charge in [-0.1, -0.05) is 66.2 Å². The molecule has 0 spiro atoms. The first-order valence-corrected chi connectivity index (χ1v) is 14.6. The number of amides is 2. The van der Waals surface area contributed by atoms with Crippen LogP contribution in [0.3, 0.4) is 0 Å². The lowest BCUT2D eigenvalue weighted by atomic mass is 9.97. The van der Waals surface area contributed by atoms with Crippen LogP contribution in [0.15, 0.2) is 100 Å². The van der Waals surface area contributed by atoms with Gasteiger partial charge in [0.05, 0.1) is 23.0 Å². The monoisotopic (exact) mass is 564 g/mol. The third-order valence-corrected chi connectivity index (χ3v) is 7.64. The molecule has 0 atom stereocenters. The van der Waals surface area contributed by atoms with E-state index in [1.54, 1.807) is 48.5 Å². The Hall–Kier alpha value is -4.72. The van der Waals surface area contributed by atoms with Gasteiger partial charge in [-0.2, -0.15) is 0 Å². The quantitative estimate of drug-likeness (QED) is 0.268. The van der Waals surface area contributed by atoms with Gasteiger partial charge in [0, 0.05) is 13.1 Å². The molecule has 8 heteroatoms. The summed E-state index contributed by atoms with van der Waals surface area (Å²) < 4.78 is 2.44. The number of hydrogen-bond acceptors (Lipinski definition) is 4. The molecule has 2 amide bonds. The van der Waals surface area contributed by atoms with Gasteiger partial charge in [-0.3, -0.25) is 19.0 Å². The first-order valence-electron chi connectivity index (χ1n) is 14.6. The van der Waals surface area contributed by atoms with Gasteiger partial charge in [-0.15, -0.1) is 0 Å². The highest BCUT2D eigenvalue weighted by atomic mass is 16.2. The second-order valence-electron chi connectivity index (χ2n) is 10.7. The summed E-state index contributed by atoms with van der Waals surface area (Å²) in [4.78, 5) is 52.4. The molecular formula is C34H36N4O4. The zero-order valence-corrected chi connectivity index (χ0v) is 23.7. The third-order valence-electron chi connectivity index (χ3n) is 7.64. The standard InChI is InChI=1S/C34H36N4O4/c39-31(35-21-19-25-9-3-1-4-10-25)23-27-15-17-28(18-16-27)38-33(41)29-13-7-8-14-30(29)37(34(38)42)24-32(40)36-22-20-26-11-5-2-6-12-26/h1,3-4,7-11,13-18H,2,5-6,12,19-24H2,(H,35,39)(H,36,40). The molecule has 0 aliphatic heterocycles. The second kappa shape index (κ2) is 13.8. The van der Waals surface area contributed by atoms with Crippen LogP contribution in [0.2, 0.25) is 0 Å². The van der Waals surface area contributed by atoms with E-state index < -0.39 is 11.2 Å². The smallest absolute Gasteiger partial charge is 0.336 e. The number of benzene rings is 3. The van der Waals surface area contributed by atoms with Crippen molar-refractivity contribution in [2.24, 2.45) is 0 Å². The normalized spacial score (nSPS) is 13.0. The second-order valence-corrected chi connectivity index (χ2v) is 10.7. The van der Waals surface area contributed by atoms with Crippen LogP contribution >= 0.6 is 0 Å². The molecule has 0 saturated heterocycles. The number of nitrogens with one attached hydrogen (secondary N) is 2. The maximum Gasteiger partial charge on any atom is 0.336 e. The minimum Gasteiger partial charge on any atom is -0.355 e. The highest BCUT2D eigenvalue weighted by Crippen LogP contribution is 2.19. The molecule has 42 heavy (non-hydrogen) atoms. The highest BCUT2D eigenvalue weighted by Gasteiger charge is 2.17. The van der Waals surface area contributed by atoms with E-state index in [0.29, 0.717) is 29.7 Å². The predicted octanol–water partition coefficient (Wildman–Crippen LogP) is 4.06. The molecule has 1 aliphatic carbocycles. The molecule has 1 aromatic heterocycles. The molecule has 8 nitrogen and oxygen atoms in total. The topological polar surface area (TPSA) is 102 Å². The molecule has 0 saturated carbocycles. The molecule has 2 N–H and O–H groups in total. The number of rotatable bonds is 11. The Kier molecular flexibility index (Phi) is 9.44. The van der Waals surface area contributed by atoms with Crippen molar-refractivity contribution in [1.82, 2.24) is 19.8 Å². The molecule has 5 rings (SSSR count). The van der Waals surface area contributed by atoms with Gasteiger partial charge in [-0.05, 0) is 73.9 Å². The number of allylic oxidation sites excluding steroid dienone is 1. The number of aromatic nitrogens is 2. The molecule has 3 aromatic carbocycles. The van der Waals surface area contributed by atoms with Crippen LogP contribution in [0.25, 0.3) is 16.6 Å². The fourth-order valence-corrected chi connectivity index (χ4v) is 5.40. The van der Waals surface area contributed by atoms with E-state index in [1.807, 2.05) is 30.3 Å². The minimum atomic E-state index is -0.588. The number of carbonyl (C=O) groups is 2. The summed E-state index contributed by atoms with van der Waals surface area (Å²) >= 11 is 0. The lowest BCUT2D eigenvalue weighted by molar-refractivity contribution is -0.122. The van der Waals surface area contributed by atoms with Gasteiger partial charge >= 0.3 is 5.69 Å². The van der Waals surface area contributed by atoms with Crippen LogP contribution in [0.5, 0.6) is 0 Å². The number of nitrogens with zero attached hydrogens (tertiary/aromatic N) is 2. The van der Waals surface area contributed by atoms with Crippen molar-refractivity contribution >= 4 is 22.7 Å². The van der Waals surface area contributed by atoms with E-state index in [4.69, 9.17) is 0 Å². The molecular weight excluding hydrogens is 528 g/mol. The summed E-state index contributed by atoms with van der Waals surface area (Å²) in [5.74, 6) is -0.382. The van der Waals surface area contributed by atoms with Gasteiger partial charge in [-0.25, -0.2) is 9.36 Å². The van der Waals surface area contributed by atoms with E-state index in [-0.39, 0.29) is 24.8 Å². The lowest BCUT2D eigenvalue weighted by Gasteiger charge is -2.15. The number of fused-ring (bicyclic) bond motifs is 1. The molecule has 0 fully saturated rings. The average Bonchev–Trinajstić information content (AvgIpc) is 3.01. The molecule has 216 valence electrons. The predicted molar refractivity (Wildman–Crippen MR) is 165 cm³/mol. The maximum atomic E-state index is 13.6. The van der Waals surface area contributed by atoms with Crippen molar-refractivity contribution in [3.05, 3.63) is 122 Å². The Labute approximate surface area is 244 Å². The zero-order valence-electron chi connectivity index (χ0n) is 23.7. The highest BCUT2D eigenvalue weighted by molar-refractivity contribution is 5.82. The summed E-state index contributed by atoms with van der Waals surface area (Å²) in [6, 6.07) is 23.6. The SMILES string of the molecule is O=C(Cc1ccc(-n2c(=O)c3ccccc3n(CC(=O)NCCC3=CCCCC3)c2=O)cc1)NCCc1ccccc1. The van der Waals surface area contributed by atoms with Crippen LogP contribution in [0, 0.1) is 0 Å². The van der Waals surface area contributed by atoms with E-state index >= 15 is 0 Å². The summed E-state index contributed by atoms with van der Waals surface area (Å²) in [6.07, 6.45) is 8.56. The van der Waals surface area contributed by atoms with E-state index in [1.165, 1.54) is 23.0 Å². The zero-order chi connectivity index (χ0) is 29.3. The van der Waals surface area contributed by atoms with Crippen LogP contribution in [0.1, 0.15) is 43.2 Å². The first kappa shape index (κ1) is 28.8. The Morgan fingerprint density at radius 2 is 1.45 bits per heavy atom. The van der Waals surface area contributed by atoms with Crippen molar-refractivity contribution in [3.8, 4) is 5.69 Å². The Morgan fingerprint density at radius 3 is 2.21 bits per heavy atom. The largest absolute Gasteiger partial charge is 0.355 e. The van der Waals surface area contributed by atoms with E-state index in [0.717, 1.165) is 41.4 Å². The van der Waals surface area contributed by atoms with Crippen LogP contribution in [-0.4, -0.2) is 34.0 Å². The van der Waals surface area contributed by atoms with Crippen molar-refractivity contribution in [3.63, 3.8) is 0 Å². The van der Waals surface area contributed by atoms with Crippen molar-refractivity contribution in [1.29, 1.82) is 0 Å².